The first kappa shape index (κ1) is 13.1. The number of hydrogen-bond acceptors (Lipinski definition) is 2. The third kappa shape index (κ3) is 2.90. The molecular formula is C13H9F3N2O. The van der Waals surface area contributed by atoms with Crippen LogP contribution in [0.15, 0.2) is 36.5 Å². The van der Waals surface area contributed by atoms with Crippen LogP contribution in [-0.2, 0) is 6.54 Å². The van der Waals surface area contributed by atoms with E-state index in [4.69, 9.17) is 0 Å². The van der Waals surface area contributed by atoms with E-state index in [0.29, 0.717) is 0 Å². The van der Waals surface area contributed by atoms with E-state index in [0.717, 1.165) is 12.3 Å². The summed E-state index contributed by atoms with van der Waals surface area (Å²) >= 11 is 0. The fourth-order valence-electron chi connectivity index (χ4n) is 1.51. The molecule has 0 saturated carbocycles. The molecule has 0 bridgehead atoms. The molecule has 98 valence electrons. The molecule has 0 aliphatic carbocycles. The predicted octanol–water partition coefficient (Wildman–Crippen LogP) is 2.43. The minimum absolute atomic E-state index is 0.116. The number of aromatic nitrogens is 1. The van der Waals surface area contributed by atoms with Gasteiger partial charge in [-0.25, -0.2) is 13.8 Å². The fraction of sp³-hybridized carbons (Fsp3) is 0.0769. The third-order valence-corrected chi connectivity index (χ3v) is 2.49. The van der Waals surface area contributed by atoms with E-state index in [1.165, 1.54) is 18.2 Å². The Balaban J connectivity index is 2.10. The molecule has 0 unspecified atom stereocenters. The van der Waals surface area contributed by atoms with Crippen LogP contribution in [0.1, 0.15) is 15.9 Å². The number of amides is 1. The second-order valence-corrected chi connectivity index (χ2v) is 3.74. The molecule has 1 aromatic carbocycles. The summed E-state index contributed by atoms with van der Waals surface area (Å²) in [6, 6.07) is 6.90. The largest absolute Gasteiger partial charge is 0.348 e. The van der Waals surface area contributed by atoms with Crippen LogP contribution in [-0.4, -0.2) is 10.9 Å². The summed E-state index contributed by atoms with van der Waals surface area (Å²) in [6.45, 7) is -0.116. The third-order valence-electron chi connectivity index (χ3n) is 2.49. The second kappa shape index (κ2) is 5.51. The highest BCUT2D eigenvalue weighted by atomic mass is 19.2. The molecule has 1 aromatic heterocycles. The molecule has 1 amide bonds. The van der Waals surface area contributed by atoms with Gasteiger partial charge in [0.25, 0.3) is 5.91 Å². The van der Waals surface area contributed by atoms with E-state index < -0.39 is 29.1 Å². The van der Waals surface area contributed by atoms with Crippen molar-refractivity contribution in [2.75, 3.05) is 0 Å². The Bertz CT molecular complexity index is 617. The first-order chi connectivity index (χ1) is 9.09. The summed E-state index contributed by atoms with van der Waals surface area (Å²) < 4.78 is 39.4. The Labute approximate surface area is 107 Å². The molecule has 0 spiro atoms. The maximum absolute atomic E-state index is 13.3. The number of halogens is 3. The van der Waals surface area contributed by atoms with Crippen molar-refractivity contribution in [2.24, 2.45) is 0 Å². The van der Waals surface area contributed by atoms with Crippen LogP contribution in [0.3, 0.4) is 0 Å². The van der Waals surface area contributed by atoms with E-state index in [2.05, 4.69) is 10.3 Å². The van der Waals surface area contributed by atoms with Gasteiger partial charge < -0.3 is 5.32 Å². The lowest BCUT2D eigenvalue weighted by molar-refractivity contribution is 0.0945. The molecule has 0 aliphatic rings. The van der Waals surface area contributed by atoms with Crippen LogP contribution in [0, 0.1) is 17.6 Å². The summed E-state index contributed by atoms with van der Waals surface area (Å²) in [5, 5.41) is 2.31. The fourth-order valence-corrected chi connectivity index (χ4v) is 1.51. The molecule has 19 heavy (non-hydrogen) atoms. The van der Waals surface area contributed by atoms with E-state index >= 15 is 0 Å². The molecule has 0 aliphatic heterocycles. The molecule has 1 heterocycles. The maximum atomic E-state index is 13.3. The highest BCUT2D eigenvalue weighted by Crippen LogP contribution is 2.10. The first-order valence-electron chi connectivity index (χ1n) is 5.41. The number of rotatable bonds is 3. The van der Waals surface area contributed by atoms with Gasteiger partial charge in [0.05, 0.1) is 5.56 Å². The summed E-state index contributed by atoms with van der Waals surface area (Å²) in [6.07, 6.45) is 0.983. The van der Waals surface area contributed by atoms with Crippen molar-refractivity contribution < 1.29 is 18.0 Å². The zero-order valence-corrected chi connectivity index (χ0v) is 9.66. The molecule has 0 saturated heterocycles. The Kier molecular flexibility index (Phi) is 3.79. The predicted molar refractivity (Wildman–Crippen MR) is 61.7 cm³/mol. The zero-order chi connectivity index (χ0) is 13.8. The SMILES string of the molecule is O=C(NCc1ccccc1F)c1ccnc(F)c1F. The van der Waals surface area contributed by atoms with Crippen molar-refractivity contribution >= 4 is 5.91 Å². The lowest BCUT2D eigenvalue weighted by Gasteiger charge is -2.07. The number of nitrogens with zero attached hydrogens (tertiary/aromatic N) is 1. The summed E-state index contributed by atoms with van der Waals surface area (Å²) in [4.78, 5) is 14.7. The maximum Gasteiger partial charge on any atom is 0.254 e. The van der Waals surface area contributed by atoms with Crippen molar-refractivity contribution in [3.63, 3.8) is 0 Å². The number of benzene rings is 1. The van der Waals surface area contributed by atoms with E-state index in [1.807, 2.05) is 0 Å². The van der Waals surface area contributed by atoms with E-state index in [9.17, 15) is 18.0 Å². The highest BCUT2D eigenvalue weighted by molar-refractivity contribution is 5.94. The summed E-state index contributed by atoms with van der Waals surface area (Å²) in [7, 11) is 0. The Hall–Kier alpha value is -2.37. The van der Waals surface area contributed by atoms with Gasteiger partial charge in [-0.1, -0.05) is 18.2 Å². The number of nitrogens with one attached hydrogen (secondary N) is 1. The van der Waals surface area contributed by atoms with Gasteiger partial charge in [0, 0.05) is 18.3 Å². The van der Waals surface area contributed by atoms with Crippen molar-refractivity contribution in [1.82, 2.24) is 10.3 Å². The smallest absolute Gasteiger partial charge is 0.254 e. The zero-order valence-electron chi connectivity index (χ0n) is 9.66. The minimum Gasteiger partial charge on any atom is -0.348 e. The van der Waals surface area contributed by atoms with Crippen molar-refractivity contribution in [1.29, 1.82) is 0 Å². The number of carbonyl (C=O) groups is 1. The highest BCUT2D eigenvalue weighted by Gasteiger charge is 2.16. The number of hydrogen-bond donors (Lipinski definition) is 1. The lowest BCUT2D eigenvalue weighted by Crippen LogP contribution is -2.24. The first-order valence-corrected chi connectivity index (χ1v) is 5.41. The average Bonchev–Trinajstić information content (AvgIpc) is 2.40. The van der Waals surface area contributed by atoms with Gasteiger partial charge in [-0.05, 0) is 12.1 Å². The van der Waals surface area contributed by atoms with Gasteiger partial charge in [0.1, 0.15) is 5.82 Å². The second-order valence-electron chi connectivity index (χ2n) is 3.74. The van der Waals surface area contributed by atoms with Crippen LogP contribution in [0.4, 0.5) is 13.2 Å². The topological polar surface area (TPSA) is 42.0 Å². The Morgan fingerprint density at radius 2 is 1.89 bits per heavy atom. The van der Waals surface area contributed by atoms with Crippen LogP contribution in [0.5, 0.6) is 0 Å². The van der Waals surface area contributed by atoms with Crippen LogP contribution in [0.2, 0.25) is 0 Å². The van der Waals surface area contributed by atoms with Crippen molar-refractivity contribution in [3.05, 3.63) is 65.2 Å². The Morgan fingerprint density at radius 3 is 2.63 bits per heavy atom. The molecule has 2 aromatic rings. The normalized spacial score (nSPS) is 10.3. The number of carbonyl (C=O) groups excluding carboxylic acids is 1. The molecule has 0 atom stereocenters. The Morgan fingerprint density at radius 1 is 1.16 bits per heavy atom. The molecular weight excluding hydrogens is 257 g/mol. The standard InChI is InChI=1S/C13H9F3N2O/c14-10-4-2-1-3-8(10)7-18-13(19)9-5-6-17-12(16)11(9)15/h1-6H,7H2,(H,18,19). The van der Waals surface area contributed by atoms with Crippen molar-refractivity contribution in [2.45, 2.75) is 6.54 Å². The van der Waals surface area contributed by atoms with Gasteiger partial charge >= 0.3 is 0 Å². The molecule has 1 N–H and O–H groups in total. The molecule has 3 nitrogen and oxygen atoms in total. The minimum atomic E-state index is -1.35. The summed E-state index contributed by atoms with van der Waals surface area (Å²) in [5.41, 5.74) is -0.213. The van der Waals surface area contributed by atoms with E-state index in [1.54, 1.807) is 6.07 Å². The van der Waals surface area contributed by atoms with Crippen LogP contribution >= 0.6 is 0 Å². The van der Waals surface area contributed by atoms with Crippen molar-refractivity contribution in [3.8, 4) is 0 Å². The molecule has 0 radical (unpaired) electrons. The van der Waals surface area contributed by atoms with E-state index in [-0.39, 0.29) is 12.1 Å². The average molecular weight is 266 g/mol. The lowest BCUT2D eigenvalue weighted by atomic mass is 10.2. The number of pyridine rings is 1. The van der Waals surface area contributed by atoms with Gasteiger partial charge in [0.15, 0.2) is 5.82 Å². The van der Waals surface area contributed by atoms with Crippen LogP contribution < -0.4 is 5.32 Å². The molecule has 0 fully saturated rings. The van der Waals surface area contributed by atoms with Gasteiger partial charge in [-0.15, -0.1) is 0 Å². The van der Waals surface area contributed by atoms with Crippen LogP contribution in [0.25, 0.3) is 0 Å². The monoisotopic (exact) mass is 266 g/mol. The van der Waals surface area contributed by atoms with Gasteiger partial charge in [0.2, 0.25) is 5.95 Å². The quantitative estimate of drug-likeness (QED) is 0.867. The molecule has 6 heteroatoms. The molecule has 2 rings (SSSR count). The van der Waals surface area contributed by atoms with Gasteiger partial charge in [-0.2, -0.15) is 4.39 Å². The van der Waals surface area contributed by atoms with Gasteiger partial charge in [-0.3, -0.25) is 4.79 Å². The summed E-state index contributed by atoms with van der Waals surface area (Å²) in [5.74, 6) is -3.99.